The highest BCUT2D eigenvalue weighted by atomic mass is 127. The van der Waals surface area contributed by atoms with Crippen LogP contribution >= 0.6 is 34.4 Å². The molecule has 3 heterocycles. The van der Waals surface area contributed by atoms with Crippen molar-refractivity contribution in [2.45, 2.75) is 63.8 Å². The maximum absolute atomic E-state index is 6.54. The predicted octanol–water partition coefficient (Wildman–Crippen LogP) is 5.27. The lowest BCUT2D eigenvalue weighted by Gasteiger charge is -2.37. The first-order valence-electron chi connectivity index (χ1n) is 11.1. The Morgan fingerprint density at radius 1 is 1.36 bits per heavy atom. The second kappa shape index (κ2) is 10.9. The molecule has 0 amide bonds. The number of ether oxygens (including phenoxy) is 2. The molecule has 0 bridgehead atoms. The molecule has 3 atom stereocenters. The van der Waals surface area contributed by atoms with Gasteiger partial charge in [-0.1, -0.05) is 20.8 Å². The van der Waals surface area contributed by atoms with Gasteiger partial charge in [0.2, 0.25) is 0 Å². The molecule has 1 fully saturated rings. The van der Waals surface area contributed by atoms with Crippen LogP contribution in [0.3, 0.4) is 0 Å². The topological polar surface area (TPSA) is 74.0 Å². The summed E-state index contributed by atoms with van der Waals surface area (Å²) in [5.41, 5.74) is 0.819. The van der Waals surface area contributed by atoms with E-state index in [1.165, 1.54) is 0 Å². The summed E-state index contributed by atoms with van der Waals surface area (Å²) >= 11 is 3.99. The van der Waals surface area contributed by atoms with E-state index >= 15 is 0 Å². The molecule has 1 unspecified atom stereocenters. The quantitative estimate of drug-likeness (QED) is 0.127. The van der Waals surface area contributed by atoms with Crippen molar-refractivity contribution in [1.29, 1.82) is 0 Å². The number of fused-ring (bicyclic) bond motifs is 1. The zero-order chi connectivity index (χ0) is 24.4. The molecule has 0 radical (unpaired) electrons. The van der Waals surface area contributed by atoms with Crippen molar-refractivity contribution in [3.8, 4) is 0 Å². The van der Waals surface area contributed by atoms with Crippen LogP contribution in [0.25, 0.3) is 11.0 Å². The van der Waals surface area contributed by atoms with E-state index in [9.17, 15) is 0 Å². The molecule has 0 aromatic carbocycles. The number of rotatable bonds is 9. The summed E-state index contributed by atoms with van der Waals surface area (Å²) in [6.07, 6.45) is 7.83. The molecule has 2 aromatic rings. The third-order valence-electron chi connectivity index (χ3n) is 6.26. The van der Waals surface area contributed by atoms with E-state index in [1.807, 2.05) is 25.3 Å². The average Bonchev–Trinajstić information content (AvgIpc) is 3.29. The third kappa shape index (κ3) is 6.29. The van der Waals surface area contributed by atoms with Crippen molar-refractivity contribution in [3.63, 3.8) is 0 Å². The fourth-order valence-electron chi connectivity index (χ4n) is 3.37. The van der Waals surface area contributed by atoms with Crippen LogP contribution in [0.5, 0.6) is 0 Å². The van der Waals surface area contributed by atoms with E-state index in [4.69, 9.17) is 13.9 Å². The van der Waals surface area contributed by atoms with E-state index in [0.717, 1.165) is 21.0 Å². The molecule has 1 aliphatic heterocycles. The molecule has 3 rings (SSSR count). The minimum absolute atomic E-state index is 0.0320. The van der Waals surface area contributed by atoms with Gasteiger partial charge in [0, 0.05) is 30.3 Å². The number of hydrogen-bond donors (Lipinski definition) is 0. The highest BCUT2D eigenvalue weighted by molar-refractivity contribution is 14.1. The monoisotopic (exact) mass is 605 g/mol. The molecule has 11 heteroatoms. The molecular weight excluding hydrogens is 569 g/mol. The van der Waals surface area contributed by atoms with Crippen molar-refractivity contribution < 1.29 is 13.9 Å². The molecular formula is C22H36IN5O3SSi. The Balaban J connectivity index is 1.86. The standard InChI is InChI=1S/C22H36IN5O3SSi/c1-22(2,3)33(7,8)30-11-17-16(29-14-32-6)9-18(31-17)28-10-15(23)19-20(26-13-27(4)5)24-12-25-21(19)28/h10,12-13,16-18H,9,11,14H2,1-8H3/t16?,17-,18-/m1/s1. The number of hydrogen-bond acceptors (Lipinski definition) is 7. The Labute approximate surface area is 216 Å². The summed E-state index contributed by atoms with van der Waals surface area (Å²) in [5.74, 6) is 1.29. The minimum atomic E-state index is -1.89. The van der Waals surface area contributed by atoms with Crippen LogP contribution in [0.15, 0.2) is 17.5 Å². The number of thioether (sulfide) groups is 1. The van der Waals surface area contributed by atoms with Crippen molar-refractivity contribution in [3.05, 3.63) is 16.1 Å². The maximum Gasteiger partial charge on any atom is 0.192 e. The van der Waals surface area contributed by atoms with Gasteiger partial charge < -0.3 is 23.4 Å². The Bertz CT molecular complexity index is 979. The van der Waals surface area contributed by atoms with Crippen LogP contribution in [-0.2, 0) is 13.9 Å². The van der Waals surface area contributed by atoms with Crippen molar-refractivity contribution in [1.82, 2.24) is 19.4 Å². The minimum Gasteiger partial charge on any atom is -0.414 e. The number of halogens is 1. The second-order valence-electron chi connectivity index (χ2n) is 10.0. The third-order valence-corrected chi connectivity index (χ3v) is 11.9. The summed E-state index contributed by atoms with van der Waals surface area (Å²) in [6.45, 7) is 11.8. The van der Waals surface area contributed by atoms with Gasteiger partial charge in [0.05, 0.1) is 30.4 Å². The van der Waals surface area contributed by atoms with Gasteiger partial charge in [-0.25, -0.2) is 15.0 Å². The van der Waals surface area contributed by atoms with E-state index < -0.39 is 8.32 Å². The van der Waals surface area contributed by atoms with Crippen LogP contribution in [0.2, 0.25) is 18.1 Å². The summed E-state index contributed by atoms with van der Waals surface area (Å²) in [5, 5.41) is 1.08. The molecule has 0 aliphatic carbocycles. The van der Waals surface area contributed by atoms with Gasteiger partial charge in [0.1, 0.15) is 24.3 Å². The van der Waals surface area contributed by atoms with Crippen molar-refractivity contribution in [2.75, 3.05) is 32.9 Å². The molecule has 0 spiro atoms. The Hall–Kier alpha value is -0.733. The Kier molecular flexibility index (Phi) is 8.87. The molecule has 8 nitrogen and oxygen atoms in total. The van der Waals surface area contributed by atoms with Gasteiger partial charge in [-0.05, 0) is 47.0 Å². The molecule has 33 heavy (non-hydrogen) atoms. The van der Waals surface area contributed by atoms with Crippen molar-refractivity contribution in [2.24, 2.45) is 4.99 Å². The van der Waals surface area contributed by atoms with E-state index in [0.29, 0.717) is 18.4 Å². The molecule has 0 saturated carbocycles. The predicted molar refractivity (Wildman–Crippen MR) is 147 cm³/mol. The van der Waals surface area contributed by atoms with Gasteiger partial charge in [0.15, 0.2) is 14.1 Å². The highest BCUT2D eigenvalue weighted by Crippen LogP contribution is 2.40. The second-order valence-corrected chi connectivity index (χ2v) is 16.8. The smallest absolute Gasteiger partial charge is 0.192 e. The lowest BCUT2D eigenvalue weighted by molar-refractivity contribution is -0.0506. The first kappa shape index (κ1) is 26.9. The summed E-state index contributed by atoms with van der Waals surface area (Å²) in [6, 6.07) is 0. The summed E-state index contributed by atoms with van der Waals surface area (Å²) in [4.78, 5) is 15.4. The highest BCUT2D eigenvalue weighted by Gasteiger charge is 2.42. The van der Waals surface area contributed by atoms with E-state index in [2.05, 4.69) is 82.2 Å². The number of aromatic nitrogens is 3. The van der Waals surface area contributed by atoms with Crippen LogP contribution in [0.1, 0.15) is 33.4 Å². The van der Waals surface area contributed by atoms with Gasteiger partial charge in [-0.2, -0.15) is 0 Å². The van der Waals surface area contributed by atoms with E-state index in [-0.39, 0.29) is 23.5 Å². The number of aliphatic imine (C=N–C) groups is 1. The van der Waals surface area contributed by atoms with Crippen molar-refractivity contribution >= 4 is 65.9 Å². The lowest BCUT2D eigenvalue weighted by Crippen LogP contribution is -2.44. The van der Waals surface area contributed by atoms with Gasteiger partial charge in [0.25, 0.3) is 0 Å². The van der Waals surface area contributed by atoms with Gasteiger partial charge >= 0.3 is 0 Å². The van der Waals surface area contributed by atoms with Crippen LogP contribution in [-0.4, -0.2) is 79.2 Å². The largest absolute Gasteiger partial charge is 0.414 e. The molecule has 0 N–H and O–H groups in total. The Morgan fingerprint density at radius 3 is 2.73 bits per heavy atom. The van der Waals surface area contributed by atoms with E-state index in [1.54, 1.807) is 24.4 Å². The fourth-order valence-corrected chi connectivity index (χ4v) is 5.48. The van der Waals surface area contributed by atoms with Crippen LogP contribution in [0, 0.1) is 3.57 Å². The molecule has 1 aliphatic rings. The molecule has 184 valence electrons. The van der Waals surface area contributed by atoms with Gasteiger partial charge in [-0.3, -0.25) is 0 Å². The SMILES string of the molecule is CSCOC1C[C@H](n2cc(I)c3c(N=CN(C)C)ncnc32)O[C@@H]1CO[Si](C)(C)C(C)(C)C. The normalized spacial score (nSPS) is 22.0. The number of nitrogens with zero attached hydrogens (tertiary/aromatic N) is 5. The lowest BCUT2D eigenvalue weighted by atomic mass is 10.2. The average molecular weight is 606 g/mol. The van der Waals surface area contributed by atoms with Gasteiger partial charge in [-0.15, -0.1) is 11.8 Å². The summed E-state index contributed by atoms with van der Waals surface area (Å²) in [7, 11) is 1.98. The first-order valence-corrected chi connectivity index (χ1v) is 16.4. The zero-order valence-corrected chi connectivity index (χ0v) is 24.8. The zero-order valence-electron chi connectivity index (χ0n) is 20.8. The summed E-state index contributed by atoms with van der Waals surface area (Å²) < 4.78 is 22.4. The van der Waals surface area contributed by atoms with Crippen LogP contribution < -0.4 is 0 Å². The fraction of sp³-hybridized carbons (Fsp3) is 0.682. The first-order chi connectivity index (χ1) is 15.4. The maximum atomic E-state index is 6.54. The Morgan fingerprint density at radius 2 is 2.09 bits per heavy atom. The van der Waals surface area contributed by atoms with Crippen LogP contribution in [0.4, 0.5) is 5.82 Å². The molecule has 1 saturated heterocycles. The molecule has 2 aromatic heterocycles.